The Morgan fingerprint density at radius 3 is 2.77 bits per heavy atom. The largest absolute Gasteiger partial charge is 0.325 e. The zero-order valence-electron chi connectivity index (χ0n) is 8.20. The topological polar surface area (TPSA) is 47.1 Å². The second kappa shape index (κ2) is 3.12. The lowest BCUT2D eigenvalue weighted by Crippen LogP contribution is -2.54. The third kappa shape index (κ3) is 1.59. The Morgan fingerprint density at radius 2 is 2.31 bits per heavy atom. The maximum atomic E-state index is 5.70. The summed E-state index contributed by atoms with van der Waals surface area (Å²) in [6, 6.07) is 0.386. The van der Waals surface area contributed by atoms with Crippen LogP contribution in [0.15, 0.2) is 6.20 Å². The zero-order chi connectivity index (χ0) is 9.42. The SMILES string of the molecule is Cc1c(CN2CC(N)C2)cnn1C. The normalized spacial score (nSPS) is 19.0. The molecule has 4 nitrogen and oxygen atoms in total. The van der Waals surface area contributed by atoms with Crippen molar-refractivity contribution in [1.82, 2.24) is 14.7 Å². The molecule has 2 heterocycles. The van der Waals surface area contributed by atoms with E-state index in [-0.39, 0.29) is 0 Å². The molecule has 72 valence electrons. The molecule has 1 fully saturated rings. The van der Waals surface area contributed by atoms with Crippen molar-refractivity contribution in [2.24, 2.45) is 12.8 Å². The van der Waals surface area contributed by atoms with E-state index in [1.54, 1.807) is 0 Å². The standard InChI is InChI=1S/C9H16N4/c1-7-8(3-11-12(7)2)4-13-5-9(10)6-13/h3,9H,4-6,10H2,1-2H3. The molecule has 0 saturated carbocycles. The number of rotatable bonds is 2. The van der Waals surface area contributed by atoms with Crippen LogP contribution in [0, 0.1) is 6.92 Å². The van der Waals surface area contributed by atoms with Crippen LogP contribution in [-0.4, -0.2) is 33.8 Å². The Kier molecular flexibility index (Phi) is 2.09. The van der Waals surface area contributed by atoms with Gasteiger partial charge in [-0.1, -0.05) is 0 Å². The van der Waals surface area contributed by atoms with Crippen LogP contribution in [0.25, 0.3) is 0 Å². The molecule has 0 aromatic carbocycles. The number of aromatic nitrogens is 2. The molecule has 0 spiro atoms. The van der Waals surface area contributed by atoms with Crippen molar-refractivity contribution in [3.8, 4) is 0 Å². The van der Waals surface area contributed by atoms with Gasteiger partial charge in [-0.15, -0.1) is 0 Å². The molecule has 0 atom stereocenters. The fraction of sp³-hybridized carbons (Fsp3) is 0.667. The molecule has 1 saturated heterocycles. The molecule has 0 unspecified atom stereocenters. The number of hydrogen-bond acceptors (Lipinski definition) is 3. The third-order valence-electron chi connectivity index (χ3n) is 2.72. The molecule has 0 aliphatic carbocycles. The average molecular weight is 180 g/mol. The van der Waals surface area contributed by atoms with Crippen molar-refractivity contribution in [1.29, 1.82) is 0 Å². The van der Waals surface area contributed by atoms with Crippen LogP contribution in [0.2, 0.25) is 0 Å². The highest BCUT2D eigenvalue weighted by atomic mass is 15.3. The summed E-state index contributed by atoms with van der Waals surface area (Å²) in [5.41, 5.74) is 8.27. The number of likely N-dealkylation sites (tertiary alicyclic amines) is 1. The highest BCUT2D eigenvalue weighted by Gasteiger charge is 2.23. The third-order valence-corrected chi connectivity index (χ3v) is 2.72. The number of nitrogens with two attached hydrogens (primary N) is 1. The summed E-state index contributed by atoms with van der Waals surface area (Å²) in [4.78, 5) is 2.34. The van der Waals surface area contributed by atoms with Crippen LogP contribution in [0.3, 0.4) is 0 Å². The van der Waals surface area contributed by atoms with Crippen LogP contribution >= 0.6 is 0 Å². The van der Waals surface area contributed by atoms with Crippen molar-refractivity contribution in [2.45, 2.75) is 19.5 Å². The van der Waals surface area contributed by atoms with Crippen molar-refractivity contribution in [3.05, 3.63) is 17.5 Å². The highest BCUT2D eigenvalue weighted by Crippen LogP contribution is 2.13. The molecule has 2 N–H and O–H groups in total. The van der Waals surface area contributed by atoms with Crippen LogP contribution in [0.1, 0.15) is 11.3 Å². The summed E-state index contributed by atoms with van der Waals surface area (Å²) in [6.45, 7) is 5.14. The summed E-state index contributed by atoms with van der Waals surface area (Å²) in [6.07, 6.45) is 1.94. The first-order chi connectivity index (χ1) is 6.16. The van der Waals surface area contributed by atoms with Gasteiger partial charge >= 0.3 is 0 Å². The van der Waals surface area contributed by atoms with Crippen LogP contribution in [0.4, 0.5) is 0 Å². The Hall–Kier alpha value is -0.870. The molecule has 13 heavy (non-hydrogen) atoms. The van der Waals surface area contributed by atoms with E-state index < -0.39 is 0 Å². The van der Waals surface area contributed by atoms with Crippen molar-refractivity contribution >= 4 is 0 Å². The van der Waals surface area contributed by atoms with Crippen LogP contribution in [0.5, 0.6) is 0 Å². The highest BCUT2D eigenvalue weighted by molar-refractivity contribution is 5.16. The molecule has 1 aromatic heterocycles. The van der Waals surface area contributed by atoms with E-state index in [0.717, 1.165) is 19.6 Å². The zero-order valence-corrected chi connectivity index (χ0v) is 8.20. The first-order valence-corrected chi connectivity index (χ1v) is 4.62. The molecule has 1 aromatic rings. The Balaban J connectivity index is 1.98. The summed E-state index contributed by atoms with van der Waals surface area (Å²) < 4.78 is 1.91. The van der Waals surface area contributed by atoms with Gasteiger partial charge in [0.1, 0.15) is 0 Å². The molecule has 0 radical (unpaired) electrons. The lowest BCUT2D eigenvalue weighted by molar-refractivity contribution is 0.142. The summed E-state index contributed by atoms with van der Waals surface area (Å²) in [7, 11) is 1.97. The first-order valence-electron chi connectivity index (χ1n) is 4.62. The minimum absolute atomic E-state index is 0.386. The fourth-order valence-corrected chi connectivity index (χ4v) is 1.68. The van der Waals surface area contributed by atoms with Gasteiger partial charge in [0, 0.05) is 44.0 Å². The Labute approximate surface area is 78.3 Å². The quantitative estimate of drug-likeness (QED) is 0.689. The summed E-state index contributed by atoms with van der Waals surface area (Å²) in [5.74, 6) is 0. The molecule has 0 bridgehead atoms. The van der Waals surface area contributed by atoms with Gasteiger partial charge in [-0.2, -0.15) is 5.10 Å². The van der Waals surface area contributed by atoms with E-state index in [0.29, 0.717) is 6.04 Å². The maximum absolute atomic E-state index is 5.70. The minimum Gasteiger partial charge on any atom is -0.325 e. The second-order valence-electron chi connectivity index (χ2n) is 3.83. The van der Waals surface area contributed by atoms with Crippen molar-refractivity contribution < 1.29 is 0 Å². The molecular formula is C9H16N4. The fourth-order valence-electron chi connectivity index (χ4n) is 1.68. The van der Waals surface area contributed by atoms with Gasteiger partial charge in [0.25, 0.3) is 0 Å². The lowest BCUT2D eigenvalue weighted by Gasteiger charge is -2.36. The van der Waals surface area contributed by atoms with Gasteiger partial charge < -0.3 is 5.73 Å². The van der Waals surface area contributed by atoms with E-state index in [4.69, 9.17) is 5.73 Å². The van der Waals surface area contributed by atoms with E-state index in [1.165, 1.54) is 11.3 Å². The summed E-state index contributed by atoms with van der Waals surface area (Å²) >= 11 is 0. The van der Waals surface area contributed by atoms with Crippen molar-refractivity contribution in [3.63, 3.8) is 0 Å². The lowest BCUT2D eigenvalue weighted by atomic mass is 10.1. The van der Waals surface area contributed by atoms with Crippen molar-refractivity contribution in [2.75, 3.05) is 13.1 Å². The van der Waals surface area contributed by atoms with Gasteiger partial charge in [-0.3, -0.25) is 9.58 Å². The van der Waals surface area contributed by atoms with Crippen LogP contribution < -0.4 is 5.73 Å². The van der Waals surface area contributed by atoms with Gasteiger partial charge in [-0.05, 0) is 6.92 Å². The number of hydrogen-bond donors (Lipinski definition) is 1. The molecule has 1 aliphatic rings. The number of nitrogens with zero attached hydrogens (tertiary/aromatic N) is 3. The molecule has 2 rings (SSSR count). The summed E-state index contributed by atoms with van der Waals surface area (Å²) in [5, 5.41) is 4.21. The minimum atomic E-state index is 0.386. The predicted octanol–water partition coefficient (Wildman–Crippen LogP) is -0.129. The molecule has 1 aliphatic heterocycles. The smallest absolute Gasteiger partial charge is 0.0537 e. The van der Waals surface area contributed by atoms with Gasteiger partial charge in [0.15, 0.2) is 0 Å². The molecule has 4 heteroatoms. The second-order valence-corrected chi connectivity index (χ2v) is 3.83. The number of aryl methyl sites for hydroxylation is 1. The van der Waals surface area contributed by atoms with E-state index in [1.807, 2.05) is 17.9 Å². The maximum Gasteiger partial charge on any atom is 0.0537 e. The van der Waals surface area contributed by atoms with E-state index >= 15 is 0 Å². The van der Waals surface area contributed by atoms with Gasteiger partial charge in [0.2, 0.25) is 0 Å². The molecular weight excluding hydrogens is 164 g/mol. The Morgan fingerprint density at radius 1 is 1.62 bits per heavy atom. The Bertz CT molecular complexity index is 299. The first kappa shape index (κ1) is 8.72. The van der Waals surface area contributed by atoms with Crippen LogP contribution in [-0.2, 0) is 13.6 Å². The predicted molar refractivity (Wildman–Crippen MR) is 51.2 cm³/mol. The van der Waals surface area contributed by atoms with Gasteiger partial charge in [-0.25, -0.2) is 0 Å². The average Bonchev–Trinajstić information content (AvgIpc) is 2.33. The monoisotopic (exact) mass is 180 g/mol. The van der Waals surface area contributed by atoms with E-state index in [2.05, 4.69) is 16.9 Å². The van der Waals surface area contributed by atoms with Gasteiger partial charge in [0.05, 0.1) is 6.20 Å². The van der Waals surface area contributed by atoms with E-state index in [9.17, 15) is 0 Å². The molecule has 0 amide bonds.